The Bertz CT molecular complexity index is 3930. The molecule has 0 saturated carbocycles. The van der Waals surface area contributed by atoms with Crippen LogP contribution in [-0.4, -0.2) is 15.0 Å². The van der Waals surface area contributed by atoms with Gasteiger partial charge in [0, 0.05) is 58.8 Å². The van der Waals surface area contributed by atoms with E-state index in [1.807, 2.05) is 29.5 Å². The summed E-state index contributed by atoms with van der Waals surface area (Å²) in [5, 5.41) is 11.5. The van der Waals surface area contributed by atoms with Crippen LogP contribution in [0.15, 0.2) is 205 Å². The largest absolute Gasteiger partial charge is 0.455 e. The highest BCUT2D eigenvalue weighted by Gasteiger charge is 2.24. The van der Waals surface area contributed by atoms with Crippen molar-refractivity contribution in [3.8, 4) is 56.4 Å². The molecule has 0 saturated heterocycles. The first-order valence-corrected chi connectivity index (χ1v) is 21.7. The van der Waals surface area contributed by atoms with Gasteiger partial charge in [0.2, 0.25) is 0 Å². The van der Waals surface area contributed by atoms with Gasteiger partial charge in [0.25, 0.3) is 0 Å². The second-order valence-electron chi connectivity index (χ2n) is 15.9. The summed E-state index contributed by atoms with van der Waals surface area (Å²) in [6, 6.07) is 70.8. The first kappa shape index (κ1) is 34.8. The van der Waals surface area contributed by atoms with Crippen molar-refractivity contribution >= 4 is 85.8 Å². The van der Waals surface area contributed by atoms with Gasteiger partial charge in [-0.3, -0.25) is 0 Å². The quantitative estimate of drug-likeness (QED) is 0.174. The van der Waals surface area contributed by atoms with Crippen molar-refractivity contribution in [2.24, 2.45) is 0 Å². The molecule has 10 aromatic carbocycles. The van der Waals surface area contributed by atoms with E-state index in [1.54, 1.807) is 0 Å². The van der Waals surface area contributed by atoms with Crippen LogP contribution < -0.4 is 0 Å². The van der Waals surface area contributed by atoms with Crippen LogP contribution in [0.4, 0.5) is 0 Å². The van der Waals surface area contributed by atoms with Crippen LogP contribution in [-0.2, 0) is 0 Å². The molecule has 0 N–H and O–H groups in total. The van der Waals surface area contributed by atoms with Crippen LogP contribution >= 0.6 is 11.3 Å². The Morgan fingerprint density at radius 1 is 0.339 bits per heavy atom. The molecule has 3 heterocycles. The second kappa shape index (κ2) is 13.8. The summed E-state index contributed by atoms with van der Waals surface area (Å²) >= 11 is 1.83. The zero-order chi connectivity index (χ0) is 40.7. The Balaban J connectivity index is 1.13. The van der Waals surface area contributed by atoms with E-state index >= 15 is 0 Å². The van der Waals surface area contributed by atoms with E-state index < -0.39 is 0 Å². The van der Waals surface area contributed by atoms with E-state index in [2.05, 4.69) is 182 Å². The fourth-order valence-electron chi connectivity index (χ4n) is 9.44. The van der Waals surface area contributed by atoms with Gasteiger partial charge < -0.3 is 4.42 Å². The van der Waals surface area contributed by atoms with Gasteiger partial charge in [-0.15, -0.1) is 11.3 Å². The number of thiophene rings is 1. The van der Waals surface area contributed by atoms with Gasteiger partial charge >= 0.3 is 0 Å². The zero-order valence-electron chi connectivity index (χ0n) is 33.2. The van der Waals surface area contributed by atoms with Gasteiger partial charge in [0.1, 0.15) is 11.2 Å². The number of fused-ring (bicyclic) bond motifs is 10. The highest BCUT2D eigenvalue weighted by molar-refractivity contribution is 7.27. The van der Waals surface area contributed by atoms with Crippen LogP contribution in [0, 0.1) is 0 Å². The molecule has 0 bridgehead atoms. The van der Waals surface area contributed by atoms with Gasteiger partial charge in [-0.05, 0) is 67.7 Å². The molecule has 13 aromatic rings. The van der Waals surface area contributed by atoms with Crippen LogP contribution in [0.1, 0.15) is 0 Å². The van der Waals surface area contributed by atoms with Gasteiger partial charge in [-0.2, -0.15) is 0 Å². The average molecular weight is 808 g/mol. The maximum Gasteiger partial charge on any atom is 0.165 e. The molecule has 5 heteroatoms. The van der Waals surface area contributed by atoms with Crippen LogP contribution in [0.5, 0.6) is 0 Å². The van der Waals surface area contributed by atoms with Crippen molar-refractivity contribution in [3.05, 3.63) is 200 Å². The number of furan rings is 1. The smallest absolute Gasteiger partial charge is 0.165 e. The summed E-state index contributed by atoms with van der Waals surface area (Å²) in [5.74, 6) is 1.83. The Hall–Kier alpha value is -7.99. The molecule has 0 aliphatic rings. The van der Waals surface area contributed by atoms with Crippen molar-refractivity contribution in [1.29, 1.82) is 0 Å². The molecular formula is C57H33N3OS. The molecule has 13 rings (SSSR count). The second-order valence-corrected chi connectivity index (χ2v) is 16.9. The molecule has 288 valence electrons. The fraction of sp³-hybridized carbons (Fsp3) is 0. The highest BCUT2D eigenvalue weighted by atomic mass is 32.1. The number of rotatable bonds is 5. The molecule has 3 aromatic heterocycles. The van der Waals surface area contributed by atoms with Crippen LogP contribution in [0.2, 0.25) is 0 Å². The fourth-order valence-corrected chi connectivity index (χ4v) is 10.8. The number of benzene rings is 10. The predicted octanol–water partition coefficient (Wildman–Crippen LogP) is 15.9. The summed E-state index contributed by atoms with van der Waals surface area (Å²) < 4.78 is 9.12. The van der Waals surface area contributed by atoms with Crippen molar-refractivity contribution in [2.45, 2.75) is 0 Å². The van der Waals surface area contributed by atoms with Crippen LogP contribution in [0.3, 0.4) is 0 Å². The van der Waals surface area contributed by atoms with E-state index in [-0.39, 0.29) is 0 Å². The van der Waals surface area contributed by atoms with Gasteiger partial charge in [-0.25, -0.2) is 15.0 Å². The van der Waals surface area contributed by atoms with Gasteiger partial charge in [0.05, 0.1) is 0 Å². The van der Waals surface area contributed by atoms with Crippen molar-refractivity contribution < 1.29 is 4.42 Å². The minimum absolute atomic E-state index is 0.592. The normalized spacial score (nSPS) is 11.9. The third-order valence-electron chi connectivity index (χ3n) is 12.3. The maximum absolute atomic E-state index is 6.73. The Morgan fingerprint density at radius 2 is 0.952 bits per heavy atom. The molecule has 0 atom stereocenters. The maximum atomic E-state index is 6.73. The predicted molar refractivity (Wildman–Crippen MR) is 260 cm³/mol. The molecule has 4 nitrogen and oxygen atoms in total. The molecule has 0 unspecified atom stereocenters. The van der Waals surface area contributed by atoms with E-state index in [0.29, 0.717) is 17.5 Å². The molecule has 0 radical (unpaired) electrons. The summed E-state index contributed by atoms with van der Waals surface area (Å²) in [6.07, 6.45) is 0. The first-order valence-electron chi connectivity index (χ1n) is 20.8. The number of hydrogen-bond donors (Lipinski definition) is 0. The molecule has 62 heavy (non-hydrogen) atoms. The minimum Gasteiger partial charge on any atom is -0.455 e. The molecule has 0 aliphatic heterocycles. The summed E-state index contributed by atoms with van der Waals surface area (Å²) in [7, 11) is 0. The number of aromatic nitrogens is 3. The van der Waals surface area contributed by atoms with E-state index in [4.69, 9.17) is 19.4 Å². The molecule has 0 aliphatic carbocycles. The van der Waals surface area contributed by atoms with E-state index in [1.165, 1.54) is 42.8 Å². The third-order valence-corrected chi connectivity index (χ3v) is 13.5. The molecular weight excluding hydrogens is 775 g/mol. The Morgan fingerprint density at radius 3 is 1.76 bits per heavy atom. The first-order chi connectivity index (χ1) is 30.7. The lowest BCUT2D eigenvalue weighted by molar-refractivity contribution is 0.670. The Labute approximate surface area is 360 Å². The van der Waals surface area contributed by atoms with E-state index in [9.17, 15) is 0 Å². The SMILES string of the molecule is c1ccc(-c2cccc3c2oc2cccc(-c4nc(-c5ccc6ccccc6c5)nc(-c5cc6ccccc6c6c5sc5c(-c7ccccc7)c7ccccc7cc56)n4)c23)cc1. The van der Waals surface area contributed by atoms with Crippen molar-refractivity contribution in [3.63, 3.8) is 0 Å². The van der Waals surface area contributed by atoms with Gasteiger partial charge in [-0.1, -0.05) is 176 Å². The lowest BCUT2D eigenvalue weighted by Gasteiger charge is -2.12. The minimum atomic E-state index is 0.592. The lowest BCUT2D eigenvalue weighted by atomic mass is 9.93. The summed E-state index contributed by atoms with van der Waals surface area (Å²) in [4.78, 5) is 16.2. The summed E-state index contributed by atoms with van der Waals surface area (Å²) in [6.45, 7) is 0. The van der Waals surface area contributed by atoms with Gasteiger partial charge in [0.15, 0.2) is 17.5 Å². The average Bonchev–Trinajstić information content (AvgIpc) is 3.92. The topological polar surface area (TPSA) is 51.8 Å². The number of nitrogens with zero attached hydrogens (tertiary/aromatic N) is 3. The molecule has 0 fully saturated rings. The summed E-state index contributed by atoms with van der Waals surface area (Å²) in [5.41, 5.74) is 9.01. The van der Waals surface area contributed by atoms with Crippen molar-refractivity contribution in [2.75, 3.05) is 0 Å². The zero-order valence-corrected chi connectivity index (χ0v) is 34.0. The third kappa shape index (κ3) is 5.42. The number of hydrogen-bond acceptors (Lipinski definition) is 5. The van der Waals surface area contributed by atoms with E-state index in [0.717, 1.165) is 70.6 Å². The standard InChI is InChI=1S/C57H33N3OS/c1-3-16-35(17-4-1)43-25-13-26-44-50-45(27-14-28-48(50)61-52(43)44)56-58-55(40-30-29-34-15-7-8-20-37(34)31-40)59-57(60-56)47-33-39-22-10-12-24-42(39)51-46-32-38-21-9-11-23-41(38)49(53(46)62-54(47)51)36-18-5-2-6-19-36/h1-33H. The molecule has 0 amide bonds. The molecule has 0 spiro atoms. The Kier molecular flexibility index (Phi) is 7.74. The monoisotopic (exact) mass is 807 g/mol. The van der Waals surface area contributed by atoms with Crippen LogP contribution in [0.25, 0.3) is 131 Å². The highest BCUT2D eigenvalue weighted by Crippen LogP contribution is 2.49. The number of para-hydroxylation sites is 1. The van der Waals surface area contributed by atoms with Crippen molar-refractivity contribution in [1.82, 2.24) is 15.0 Å². The lowest BCUT2D eigenvalue weighted by Crippen LogP contribution is -2.01.